The SMILES string of the molecule is CC(C)CC(CN(C)C)Nc1cnccc1C#N. The molecule has 4 heteroatoms. The standard InChI is InChI=1S/C14H22N4/c1-11(2)7-13(10-18(3)4)17-14-9-16-6-5-12(14)8-15/h5-6,9,11,13,17H,7,10H2,1-4H3. The summed E-state index contributed by atoms with van der Waals surface area (Å²) in [5.41, 5.74) is 1.48. The van der Waals surface area contributed by atoms with Crippen molar-refractivity contribution in [2.75, 3.05) is 26.0 Å². The van der Waals surface area contributed by atoms with E-state index in [-0.39, 0.29) is 0 Å². The van der Waals surface area contributed by atoms with E-state index >= 15 is 0 Å². The molecule has 98 valence electrons. The Morgan fingerprint density at radius 2 is 2.17 bits per heavy atom. The molecule has 0 radical (unpaired) electrons. The first-order valence-electron chi connectivity index (χ1n) is 6.28. The molecule has 0 amide bonds. The summed E-state index contributed by atoms with van der Waals surface area (Å²) in [5, 5.41) is 12.5. The van der Waals surface area contributed by atoms with E-state index in [0.29, 0.717) is 17.5 Å². The maximum absolute atomic E-state index is 9.07. The molecule has 1 heterocycles. The Labute approximate surface area is 110 Å². The van der Waals surface area contributed by atoms with Crippen molar-refractivity contribution in [3.63, 3.8) is 0 Å². The summed E-state index contributed by atoms with van der Waals surface area (Å²) in [6.45, 7) is 5.36. The van der Waals surface area contributed by atoms with Crippen LogP contribution in [-0.2, 0) is 0 Å². The lowest BCUT2D eigenvalue weighted by molar-refractivity contribution is 0.356. The van der Waals surface area contributed by atoms with Gasteiger partial charge >= 0.3 is 0 Å². The number of likely N-dealkylation sites (N-methyl/N-ethyl adjacent to an activating group) is 1. The molecule has 1 atom stereocenters. The molecule has 1 aromatic rings. The lowest BCUT2D eigenvalue weighted by Crippen LogP contribution is -2.33. The second-order valence-electron chi connectivity index (χ2n) is 5.27. The zero-order chi connectivity index (χ0) is 13.5. The Hall–Kier alpha value is -1.60. The molecule has 0 bridgehead atoms. The topological polar surface area (TPSA) is 52.0 Å². The van der Waals surface area contributed by atoms with Crippen molar-refractivity contribution in [1.82, 2.24) is 9.88 Å². The summed E-state index contributed by atoms with van der Waals surface area (Å²) in [4.78, 5) is 6.23. The van der Waals surface area contributed by atoms with Gasteiger partial charge in [-0.15, -0.1) is 0 Å². The average Bonchev–Trinajstić information content (AvgIpc) is 2.27. The van der Waals surface area contributed by atoms with Gasteiger partial charge in [-0.2, -0.15) is 5.26 Å². The van der Waals surface area contributed by atoms with Crippen molar-refractivity contribution in [3.8, 4) is 6.07 Å². The minimum absolute atomic E-state index is 0.330. The van der Waals surface area contributed by atoms with E-state index in [1.165, 1.54) is 0 Å². The van der Waals surface area contributed by atoms with Gasteiger partial charge in [-0.1, -0.05) is 13.8 Å². The molecule has 0 aliphatic carbocycles. The van der Waals surface area contributed by atoms with E-state index in [1.807, 2.05) is 0 Å². The van der Waals surface area contributed by atoms with Crippen LogP contribution in [0.1, 0.15) is 25.8 Å². The third kappa shape index (κ3) is 4.72. The highest BCUT2D eigenvalue weighted by Gasteiger charge is 2.13. The van der Waals surface area contributed by atoms with Crippen LogP contribution in [0.4, 0.5) is 5.69 Å². The van der Waals surface area contributed by atoms with E-state index in [9.17, 15) is 0 Å². The largest absolute Gasteiger partial charge is 0.379 e. The molecule has 0 aromatic carbocycles. The molecule has 0 saturated heterocycles. The fraction of sp³-hybridized carbons (Fsp3) is 0.571. The first kappa shape index (κ1) is 14.5. The minimum Gasteiger partial charge on any atom is -0.379 e. The van der Waals surface area contributed by atoms with Gasteiger partial charge < -0.3 is 10.2 Å². The fourth-order valence-corrected chi connectivity index (χ4v) is 2.02. The van der Waals surface area contributed by atoms with Crippen LogP contribution >= 0.6 is 0 Å². The van der Waals surface area contributed by atoms with Gasteiger partial charge in [0.2, 0.25) is 0 Å². The van der Waals surface area contributed by atoms with Crippen molar-refractivity contribution in [3.05, 3.63) is 24.0 Å². The Balaban J connectivity index is 2.79. The number of pyridine rings is 1. The summed E-state index contributed by atoms with van der Waals surface area (Å²) >= 11 is 0. The van der Waals surface area contributed by atoms with Crippen LogP contribution in [0, 0.1) is 17.2 Å². The third-order valence-corrected chi connectivity index (χ3v) is 2.64. The van der Waals surface area contributed by atoms with Crippen LogP contribution in [0.15, 0.2) is 18.5 Å². The summed E-state index contributed by atoms with van der Waals surface area (Å²) in [6.07, 6.45) is 4.44. The molecule has 0 fully saturated rings. The zero-order valence-electron chi connectivity index (χ0n) is 11.6. The lowest BCUT2D eigenvalue weighted by atomic mass is 10.0. The van der Waals surface area contributed by atoms with Gasteiger partial charge in [0.1, 0.15) is 6.07 Å². The summed E-state index contributed by atoms with van der Waals surface area (Å²) in [5.74, 6) is 0.615. The Morgan fingerprint density at radius 1 is 1.44 bits per heavy atom. The van der Waals surface area contributed by atoms with Crippen LogP contribution < -0.4 is 5.32 Å². The Bertz CT molecular complexity index is 397. The van der Waals surface area contributed by atoms with E-state index in [0.717, 1.165) is 18.7 Å². The summed E-state index contributed by atoms with van der Waals surface area (Å²) in [6, 6.07) is 4.26. The second-order valence-corrected chi connectivity index (χ2v) is 5.27. The van der Waals surface area contributed by atoms with E-state index in [1.54, 1.807) is 18.5 Å². The monoisotopic (exact) mass is 246 g/mol. The molecule has 0 aliphatic rings. The Morgan fingerprint density at radius 3 is 2.72 bits per heavy atom. The van der Waals surface area contributed by atoms with Crippen LogP contribution in [-0.4, -0.2) is 36.6 Å². The molecule has 0 aliphatic heterocycles. The predicted octanol–water partition coefficient (Wildman–Crippen LogP) is 2.34. The Kier molecular flexibility index (Phi) is 5.60. The van der Waals surface area contributed by atoms with Crippen molar-refractivity contribution >= 4 is 5.69 Å². The number of aromatic nitrogens is 1. The molecule has 1 aromatic heterocycles. The molecule has 1 unspecified atom stereocenters. The lowest BCUT2D eigenvalue weighted by Gasteiger charge is -2.25. The molecule has 1 N–H and O–H groups in total. The van der Waals surface area contributed by atoms with Gasteiger partial charge in [-0.3, -0.25) is 4.98 Å². The van der Waals surface area contributed by atoms with Crippen molar-refractivity contribution < 1.29 is 0 Å². The molecule has 18 heavy (non-hydrogen) atoms. The number of hydrogen-bond acceptors (Lipinski definition) is 4. The smallest absolute Gasteiger partial charge is 0.101 e. The van der Waals surface area contributed by atoms with E-state index < -0.39 is 0 Å². The number of nitrogens with one attached hydrogen (secondary N) is 1. The second kappa shape index (κ2) is 6.97. The molecule has 0 spiro atoms. The van der Waals surface area contributed by atoms with Gasteiger partial charge in [-0.05, 0) is 32.5 Å². The van der Waals surface area contributed by atoms with Crippen LogP contribution in [0.2, 0.25) is 0 Å². The summed E-state index contributed by atoms with van der Waals surface area (Å²) < 4.78 is 0. The minimum atomic E-state index is 0.330. The third-order valence-electron chi connectivity index (χ3n) is 2.64. The van der Waals surface area contributed by atoms with Gasteiger partial charge in [0.15, 0.2) is 0 Å². The van der Waals surface area contributed by atoms with Crippen LogP contribution in [0.5, 0.6) is 0 Å². The quantitative estimate of drug-likeness (QED) is 0.837. The number of hydrogen-bond donors (Lipinski definition) is 1. The van der Waals surface area contributed by atoms with Gasteiger partial charge in [0.05, 0.1) is 17.4 Å². The van der Waals surface area contributed by atoms with Gasteiger partial charge in [-0.25, -0.2) is 0 Å². The molecular formula is C14H22N4. The van der Waals surface area contributed by atoms with Crippen LogP contribution in [0.25, 0.3) is 0 Å². The average molecular weight is 246 g/mol. The highest BCUT2D eigenvalue weighted by Crippen LogP contribution is 2.16. The number of nitrogens with zero attached hydrogens (tertiary/aromatic N) is 3. The van der Waals surface area contributed by atoms with Crippen molar-refractivity contribution in [1.29, 1.82) is 5.26 Å². The van der Waals surface area contributed by atoms with Crippen molar-refractivity contribution in [2.24, 2.45) is 5.92 Å². The molecular weight excluding hydrogens is 224 g/mol. The normalized spacial score (nSPS) is 12.5. The fourth-order valence-electron chi connectivity index (χ4n) is 2.02. The van der Waals surface area contributed by atoms with Crippen LogP contribution in [0.3, 0.4) is 0 Å². The molecule has 4 nitrogen and oxygen atoms in total. The first-order valence-corrected chi connectivity index (χ1v) is 6.28. The molecule has 1 rings (SSSR count). The number of anilines is 1. The highest BCUT2D eigenvalue weighted by molar-refractivity contribution is 5.55. The number of rotatable bonds is 6. The highest BCUT2D eigenvalue weighted by atomic mass is 15.1. The van der Waals surface area contributed by atoms with Gasteiger partial charge in [0.25, 0.3) is 0 Å². The zero-order valence-corrected chi connectivity index (χ0v) is 11.6. The summed E-state index contributed by atoms with van der Waals surface area (Å²) in [7, 11) is 4.12. The molecule has 0 saturated carbocycles. The predicted molar refractivity (Wildman–Crippen MR) is 74.4 cm³/mol. The maximum Gasteiger partial charge on any atom is 0.101 e. The van der Waals surface area contributed by atoms with Gasteiger partial charge in [0, 0.05) is 18.8 Å². The number of nitriles is 1. The first-order chi connectivity index (χ1) is 8.52. The van der Waals surface area contributed by atoms with Crippen molar-refractivity contribution in [2.45, 2.75) is 26.3 Å². The van der Waals surface area contributed by atoms with E-state index in [2.05, 4.69) is 49.2 Å². The maximum atomic E-state index is 9.07. The van der Waals surface area contributed by atoms with E-state index in [4.69, 9.17) is 5.26 Å².